The molecule has 110 valence electrons. The fourth-order valence-corrected chi connectivity index (χ4v) is 3.48. The molecule has 0 amide bonds. The van der Waals surface area contributed by atoms with Crippen LogP contribution in [0.25, 0.3) is 0 Å². The summed E-state index contributed by atoms with van der Waals surface area (Å²) in [5.41, 5.74) is 1.41. The molecule has 0 bridgehead atoms. The molecule has 1 unspecified atom stereocenters. The van der Waals surface area contributed by atoms with Crippen molar-refractivity contribution >= 4 is 16.8 Å². The molecule has 4 heteroatoms. The summed E-state index contributed by atoms with van der Waals surface area (Å²) >= 11 is 0. The molecule has 0 aliphatic carbocycles. The van der Waals surface area contributed by atoms with Gasteiger partial charge in [0.05, 0.1) is 21.3 Å². The van der Waals surface area contributed by atoms with Crippen molar-refractivity contribution in [3.8, 4) is 0 Å². The van der Waals surface area contributed by atoms with E-state index in [0.29, 0.717) is 10.6 Å². The largest absolute Gasteiger partial charge is 0.478 e. The fourth-order valence-electron chi connectivity index (χ4n) is 2.16. The smallest absolute Gasteiger partial charge is 0.336 e. The maximum Gasteiger partial charge on any atom is 0.336 e. The minimum absolute atomic E-state index is 0.138. The molecule has 3 nitrogen and oxygen atoms in total. The van der Waals surface area contributed by atoms with Crippen molar-refractivity contribution in [2.75, 3.05) is 5.75 Å². The van der Waals surface area contributed by atoms with Gasteiger partial charge in [-0.05, 0) is 37.0 Å². The number of carboxylic acids is 1. The lowest BCUT2D eigenvalue weighted by atomic mass is 10.1. The topological polar surface area (TPSA) is 54.4 Å². The molecule has 0 fully saturated rings. The van der Waals surface area contributed by atoms with Crippen molar-refractivity contribution in [3.63, 3.8) is 0 Å². The molecule has 0 aromatic heterocycles. The highest BCUT2D eigenvalue weighted by Crippen LogP contribution is 2.15. The number of benzene rings is 2. The fraction of sp³-hybridized carbons (Fsp3) is 0.235. The predicted octanol–water partition coefficient (Wildman–Crippen LogP) is 3.52. The summed E-state index contributed by atoms with van der Waals surface area (Å²) < 4.78 is 12.2. The summed E-state index contributed by atoms with van der Waals surface area (Å²) in [5, 5.41) is 9.10. The van der Waals surface area contributed by atoms with E-state index in [1.807, 2.05) is 18.2 Å². The van der Waals surface area contributed by atoms with Crippen molar-refractivity contribution in [2.45, 2.75) is 24.2 Å². The van der Waals surface area contributed by atoms with E-state index in [9.17, 15) is 9.00 Å². The van der Waals surface area contributed by atoms with E-state index in [4.69, 9.17) is 5.11 Å². The van der Waals surface area contributed by atoms with Gasteiger partial charge >= 0.3 is 5.97 Å². The number of aromatic carboxylic acids is 1. The summed E-state index contributed by atoms with van der Waals surface area (Å²) in [6.07, 6.45) is 2.72. The van der Waals surface area contributed by atoms with Crippen LogP contribution in [0.15, 0.2) is 59.5 Å². The molecule has 0 aliphatic rings. The van der Waals surface area contributed by atoms with Crippen LogP contribution in [0.4, 0.5) is 0 Å². The molecule has 0 saturated heterocycles. The second-order valence-corrected chi connectivity index (χ2v) is 6.33. The third kappa shape index (κ3) is 4.53. The van der Waals surface area contributed by atoms with Crippen LogP contribution in [0.1, 0.15) is 28.8 Å². The summed E-state index contributed by atoms with van der Waals surface area (Å²) in [6.45, 7) is 0. The lowest BCUT2D eigenvalue weighted by Gasteiger charge is -2.06. The molecule has 2 aromatic rings. The van der Waals surface area contributed by atoms with Crippen LogP contribution in [0.2, 0.25) is 0 Å². The Bertz CT molecular complexity index is 623. The third-order valence-corrected chi connectivity index (χ3v) is 4.76. The van der Waals surface area contributed by atoms with Gasteiger partial charge in [-0.1, -0.05) is 42.5 Å². The van der Waals surface area contributed by atoms with E-state index in [0.717, 1.165) is 19.3 Å². The molecule has 1 N–H and O–H groups in total. The summed E-state index contributed by atoms with van der Waals surface area (Å²) in [7, 11) is -1.25. The molecule has 0 spiro atoms. The number of unbranched alkanes of at least 4 members (excludes halogenated alkanes) is 1. The molecule has 0 heterocycles. The highest BCUT2D eigenvalue weighted by molar-refractivity contribution is 7.85. The van der Waals surface area contributed by atoms with Crippen molar-refractivity contribution in [1.29, 1.82) is 0 Å². The monoisotopic (exact) mass is 302 g/mol. The van der Waals surface area contributed by atoms with Crippen LogP contribution in [0.5, 0.6) is 0 Å². The second-order valence-electron chi connectivity index (χ2n) is 4.79. The van der Waals surface area contributed by atoms with Gasteiger partial charge in [0.15, 0.2) is 0 Å². The lowest BCUT2D eigenvalue weighted by molar-refractivity contribution is 0.0693. The van der Waals surface area contributed by atoms with Crippen molar-refractivity contribution in [3.05, 3.63) is 65.7 Å². The Morgan fingerprint density at radius 2 is 1.62 bits per heavy atom. The molecule has 21 heavy (non-hydrogen) atoms. The van der Waals surface area contributed by atoms with Gasteiger partial charge < -0.3 is 5.11 Å². The van der Waals surface area contributed by atoms with Gasteiger partial charge in [-0.25, -0.2) is 4.79 Å². The Labute approximate surface area is 127 Å². The number of aryl methyl sites for hydroxylation is 1. The van der Waals surface area contributed by atoms with E-state index >= 15 is 0 Å². The minimum atomic E-state index is -1.25. The van der Waals surface area contributed by atoms with Crippen LogP contribution in [0, 0.1) is 0 Å². The zero-order chi connectivity index (χ0) is 15.1. The van der Waals surface area contributed by atoms with Crippen LogP contribution in [0.3, 0.4) is 0 Å². The molecule has 0 saturated carbocycles. The molecule has 0 aliphatic heterocycles. The van der Waals surface area contributed by atoms with Crippen LogP contribution < -0.4 is 0 Å². The van der Waals surface area contributed by atoms with Crippen molar-refractivity contribution in [1.82, 2.24) is 0 Å². The maximum atomic E-state index is 12.2. The van der Waals surface area contributed by atoms with Crippen molar-refractivity contribution < 1.29 is 14.1 Å². The van der Waals surface area contributed by atoms with Gasteiger partial charge in [-0.3, -0.25) is 4.21 Å². The summed E-state index contributed by atoms with van der Waals surface area (Å²) in [6, 6.07) is 16.7. The first-order valence-corrected chi connectivity index (χ1v) is 8.25. The molecular weight excluding hydrogens is 284 g/mol. The average Bonchev–Trinajstić information content (AvgIpc) is 2.52. The summed E-state index contributed by atoms with van der Waals surface area (Å²) in [4.78, 5) is 11.5. The first kappa shape index (κ1) is 15.4. The number of carbonyl (C=O) groups is 1. The van der Waals surface area contributed by atoms with Crippen molar-refractivity contribution in [2.24, 2.45) is 0 Å². The van der Waals surface area contributed by atoms with E-state index in [2.05, 4.69) is 12.1 Å². The molecule has 2 aromatic carbocycles. The average molecular weight is 302 g/mol. The van der Waals surface area contributed by atoms with Gasteiger partial charge in [0.25, 0.3) is 0 Å². The quantitative estimate of drug-likeness (QED) is 0.796. The molecule has 0 radical (unpaired) electrons. The lowest BCUT2D eigenvalue weighted by Crippen LogP contribution is -2.06. The number of hydrogen-bond donors (Lipinski definition) is 1. The Morgan fingerprint density at radius 1 is 0.952 bits per heavy atom. The highest BCUT2D eigenvalue weighted by Gasteiger charge is 2.14. The first-order chi connectivity index (χ1) is 10.2. The molecule has 1 atom stereocenters. The minimum Gasteiger partial charge on any atom is -0.478 e. The summed E-state index contributed by atoms with van der Waals surface area (Å²) in [5.74, 6) is -0.528. The third-order valence-electron chi connectivity index (χ3n) is 3.25. The van der Waals surface area contributed by atoms with Crippen LogP contribution >= 0.6 is 0 Å². The predicted molar refractivity (Wildman–Crippen MR) is 84.1 cm³/mol. The van der Waals surface area contributed by atoms with E-state index in [1.165, 1.54) is 11.6 Å². The highest BCUT2D eigenvalue weighted by atomic mass is 32.2. The maximum absolute atomic E-state index is 12.2. The zero-order valence-electron chi connectivity index (χ0n) is 11.7. The normalized spacial score (nSPS) is 12.0. The number of rotatable bonds is 7. The van der Waals surface area contributed by atoms with Gasteiger partial charge in [0.1, 0.15) is 0 Å². The van der Waals surface area contributed by atoms with Gasteiger partial charge in [-0.15, -0.1) is 0 Å². The van der Waals surface area contributed by atoms with E-state index < -0.39 is 16.8 Å². The van der Waals surface area contributed by atoms with E-state index in [1.54, 1.807) is 18.2 Å². The Morgan fingerprint density at radius 3 is 2.33 bits per heavy atom. The van der Waals surface area contributed by atoms with Gasteiger partial charge in [0, 0.05) is 5.75 Å². The number of carboxylic acid groups (broad SMARTS) is 1. The number of hydrogen-bond acceptors (Lipinski definition) is 2. The Balaban J connectivity index is 1.86. The Kier molecular flexibility index (Phi) is 5.69. The standard InChI is InChI=1S/C17H18O3S/c18-17(19)15-11-4-5-12-16(15)21(20)13-7-6-10-14-8-2-1-3-9-14/h1-5,8-9,11-12H,6-7,10,13H2,(H,18,19). The van der Waals surface area contributed by atoms with E-state index in [-0.39, 0.29) is 5.56 Å². The zero-order valence-corrected chi connectivity index (χ0v) is 12.5. The Hall–Kier alpha value is -1.94. The van der Waals surface area contributed by atoms with Crippen LogP contribution in [-0.2, 0) is 17.2 Å². The second kappa shape index (κ2) is 7.74. The SMILES string of the molecule is O=C(O)c1ccccc1S(=O)CCCCc1ccccc1. The molecule has 2 rings (SSSR count). The molecular formula is C17H18O3S. The van der Waals surface area contributed by atoms with Gasteiger partial charge in [-0.2, -0.15) is 0 Å². The van der Waals surface area contributed by atoms with Gasteiger partial charge in [0.2, 0.25) is 0 Å². The first-order valence-electron chi connectivity index (χ1n) is 6.93. The van der Waals surface area contributed by atoms with Crippen LogP contribution in [-0.4, -0.2) is 21.0 Å².